The minimum Gasteiger partial charge on any atom is -0.496 e. The molecule has 5 nitrogen and oxygen atoms in total. The van der Waals surface area contributed by atoms with Crippen molar-refractivity contribution in [1.82, 2.24) is 4.57 Å². The third-order valence-corrected chi connectivity index (χ3v) is 6.40. The average Bonchev–Trinajstić information content (AvgIpc) is 2.96. The van der Waals surface area contributed by atoms with Crippen LogP contribution in [0.5, 0.6) is 5.75 Å². The molecule has 1 N–H and O–H groups in total. The lowest BCUT2D eigenvalue weighted by molar-refractivity contribution is 0.0348. The van der Waals surface area contributed by atoms with Crippen molar-refractivity contribution in [2.75, 3.05) is 7.11 Å². The first-order valence-corrected chi connectivity index (χ1v) is 10.2. The number of hydrogen-bond donors (Lipinski definition) is 1. The molecule has 146 valence electrons. The van der Waals surface area contributed by atoms with E-state index < -0.39 is 0 Å². The number of ether oxygens (including phenoxy) is 1. The molecule has 1 aliphatic rings. The van der Waals surface area contributed by atoms with Crippen molar-refractivity contribution < 1.29 is 14.6 Å². The van der Waals surface area contributed by atoms with Crippen molar-refractivity contribution in [3.05, 3.63) is 44.7 Å². The molecule has 0 atom stereocenters. The number of methoxy groups -OCH3 is 1. The van der Waals surface area contributed by atoms with Crippen molar-refractivity contribution in [3.8, 4) is 5.75 Å². The van der Waals surface area contributed by atoms with Crippen LogP contribution in [-0.2, 0) is 12.0 Å². The van der Waals surface area contributed by atoms with Crippen molar-refractivity contribution in [1.29, 1.82) is 0 Å². The van der Waals surface area contributed by atoms with Gasteiger partial charge in [-0.05, 0) is 42.4 Å². The lowest BCUT2D eigenvalue weighted by Gasteiger charge is -2.31. The zero-order chi connectivity index (χ0) is 19.8. The molecule has 0 spiro atoms. The van der Waals surface area contributed by atoms with Gasteiger partial charge in [-0.2, -0.15) is 4.99 Å². The Bertz CT molecular complexity index is 905. The van der Waals surface area contributed by atoms with E-state index in [0.29, 0.717) is 27.1 Å². The minimum atomic E-state index is -0.376. The second-order valence-electron chi connectivity index (χ2n) is 8.03. The van der Waals surface area contributed by atoms with Gasteiger partial charge in [-0.25, -0.2) is 0 Å². The van der Waals surface area contributed by atoms with E-state index >= 15 is 0 Å². The van der Waals surface area contributed by atoms with Crippen LogP contribution in [0, 0.1) is 5.92 Å². The van der Waals surface area contributed by atoms with Crippen LogP contribution in [0.3, 0.4) is 0 Å². The first-order valence-electron chi connectivity index (χ1n) is 8.99. The molecule has 1 fully saturated rings. The number of carbonyl (C=O) groups is 1. The quantitative estimate of drug-likeness (QED) is 0.830. The Balaban J connectivity index is 1.99. The lowest BCUT2D eigenvalue weighted by Crippen LogP contribution is -2.33. The maximum absolute atomic E-state index is 12.8. The van der Waals surface area contributed by atoms with E-state index in [4.69, 9.17) is 16.3 Å². The SMILES string of the molecule is COc1ccc(Cl)cc1C(=O)/N=c1\sc(C(C)(C)C)cn1CC1CC(O)C1. The first-order chi connectivity index (χ1) is 12.7. The molecule has 27 heavy (non-hydrogen) atoms. The maximum Gasteiger partial charge on any atom is 0.283 e. The molecule has 1 aliphatic carbocycles. The zero-order valence-electron chi connectivity index (χ0n) is 16.0. The number of hydrogen-bond acceptors (Lipinski definition) is 4. The molecule has 7 heteroatoms. The third kappa shape index (κ3) is 4.62. The fourth-order valence-corrected chi connectivity index (χ4v) is 4.29. The summed E-state index contributed by atoms with van der Waals surface area (Å²) in [6.07, 6.45) is 3.47. The van der Waals surface area contributed by atoms with E-state index in [9.17, 15) is 9.90 Å². The molecule has 0 bridgehead atoms. The van der Waals surface area contributed by atoms with Crippen LogP contribution >= 0.6 is 22.9 Å². The van der Waals surface area contributed by atoms with Gasteiger partial charge in [0, 0.05) is 22.6 Å². The van der Waals surface area contributed by atoms with Gasteiger partial charge < -0.3 is 14.4 Å². The molecule has 2 aromatic rings. The molecular weight excluding hydrogens is 384 g/mol. The van der Waals surface area contributed by atoms with Crippen LogP contribution in [0.15, 0.2) is 29.4 Å². The van der Waals surface area contributed by atoms with Crippen molar-refractivity contribution in [2.24, 2.45) is 10.9 Å². The fourth-order valence-electron chi connectivity index (χ4n) is 3.07. The Morgan fingerprint density at radius 1 is 1.41 bits per heavy atom. The fraction of sp³-hybridized carbons (Fsp3) is 0.500. The van der Waals surface area contributed by atoms with Gasteiger partial charge in [0.1, 0.15) is 5.75 Å². The van der Waals surface area contributed by atoms with Gasteiger partial charge in [0.2, 0.25) is 0 Å². The van der Waals surface area contributed by atoms with E-state index in [-0.39, 0.29) is 17.4 Å². The smallest absolute Gasteiger partial charge is 0.283 e. The van der Waals surface area contributed by atoms with Gasteiger partial charge in [0.25, 0.3) is 5.91 Å². The predicted molar refractivity (Wildman–Crippen MR) is 108 cm³/mol. The van der Waals surface area contributed by atoms with E-state index in [2.05, 4.69) is 32.0 Å². The van der Waals surface area contributed by atoms with Crippen molar-refractivity contribution in [3.63, 3.8) is 0 Å². The number of amides is 1. The van der Waals surface area contributed by atoms with E-state index in [1.54, 1.807) is 18.2 Å². The van der Waals surface area contributed by atoms with Crippen LogP contribution in [0.4, 0.5) is 0 Å². The Kier molecular flexibility index (Phi) is 5.79. The Morgan fingerprint density at radius 2 is 2.11 bits per heavy atom. The number of aromatic nitrogens is 1. The molecule has 1 aromatic heterocycles. The number of nitrogens with zero attached hydrogens (tertiary/aromatic N) is 2. The number of aliphatic hydroxyl groups is 1. The number of carbonyl (C=O) groups excluding carboxylic acids is 1. The first kappa shape index (κ1) is 20.1. The Hall–Kier alpha value is -1.63. The van der Waals surface area contributed by atoms with Crippen LogP contribution in [0.2, 0.25) is 5.02 Å². The van der Waals surface area contributed by atoms with Gasteiger partial charge in [0.05, 0.1) is 18.8 Å². The summed E-state index contributed by atoms with van der Waals surface area (Å²) in [5, 5.41) is 10.0. The topological polar surface area (TPSA) is 63.8 Å². The van der Waals surface area contributed by atoms with Gasteiger partial charge in [-0.3, -0.25) is 4.79 Å². The molecule has 0 radical (unpaired) electrons. The molecule has 3 rings (SSSR count). The highest BCUT2D eigenvalue weighted by Crippen LogP contribution is 2.30. The summed E-state index contributed by atoms with van der Waals surface area (Å²) in [4.78, 5) is 19.0. The highest BCUT2D eigenvalue weighted by molar-refractivity contribution is 7.09. The second-order valence-corrected chi connectivity index (χ2v) is 9.48. The average molecular weight is 409 g/mol. The number of halogens is 1. The Morgan fingerprint density at radius 3 is 2.70 bits per heavy atom. The number of benzene rings is 1. The largest absolute Gasteiger partial charge is 0.496 e. The van der Waals surface area contributed by atoms with Crippen molar-refractivity contribution >= 4 is 28.8 Å². The molecule has 1 heterocycles. The van der Waals surface area contributed by atoms with E-state index in [1.807, 2.05) is 4.57 Å². The van der Waals surface area contributed by atoms with Crippen LogP contribution < -0.4 is 9.54 Å². The van der Waals surface area contributed by atoms with Gasteiger partial charge in [-0.15, -0.1) is 11.3 Å². The minimum absolute atomic E-state index is 0.0316. The van der Waals surface area contributed by atoms with Gasteiger partial charge in [-0.1, -0.05) is 32.4 Å². The summed E-state index contributed by atoms with van der Waals surface area (Å²) in [7, 11) is 1.52. The summed E-state index contributed by atoms with van der Waals surface area (Å²) in [5.74, 6) is 0.491. The van der Waals surface area contributed by atoms with Crippen LogP contribution in [0.25, 0.3) is 0 Å². The molecule has 0 unspecified atom stereocenters. The standard InChI is InChI=1S/C20H25ClN2O3S/c1-20(2,3)17-11-23(10-12-7-14(24)8-12)19(27-17)22-18(25)15-9-13(21)5-6-16(15)26-4/h5-6,9,11-12,14,24H,7-8,10H2,1-4H3/b22-19-. The predicted octanol–water partition coefficient (Wildman–Crippen LogP) is 4.02. The van der Waals surface area contributed by atoms with Gasteiger partial charge in [0.15, 0.2) is 4.80 Å². The van der Waals surface area contributed by atoms with Crippen LogP contribution in [0.1, 0.15) is 48.8 Å². The Labute approximate surface area is 168 Å². The summed E-state index contributed by atoms with van der Waals surface area (Å²) >= 11 is 7.57. The monoisotopic (exact) mass is 408 g/mol. The number of rotatable bonds is 4. The normalized spacial score (nSPS) is 20.4. The molecular formula is C20H25ClN2O3S. The molecule has 1 aromatic carbocycles. The van der Waals surface area contributed by atoms with Gasteiger partial charge >= 0.3 is 0 Å². The van der Waals surface area contributed by atoms with E-state index in [0.717, 1.165) is 24.3 Å². The number of thiazole rings is 1. The molecule has 0 saturated heterocycles. The number of aliphatic hydroxyl groups excluding tert-OH is 1. The summed E-state index contributed by atoms with van der Waals surface area (Å²) in [6, 6.07) is 4.93. The lowest BCUT2D eigenvalue weighted by atomic mass is 9.82. The zero-order valence-corrected chi connectivity index (χ0v) is 17.6. The highest BCUT2D eigenvalue weighted by atomic mass is 35.5. The molecule has 0 aliphatic heterocycles. The van der Waals surface area contributed by atoms with Crippen molar-refractivity contribution in [2.45, 2.75) is 51.7 Å². The molecule has 1 amide bonds. The maximum atomic E-state index is 12.8. The summed E-state index contributed by atoms with van der Waals surface area (Å²) < 4.78 is 7.32. The highest BCUT2D eigenvalue weighted by Gasteiger charge is 2.28. The third-order valence-electron chi connectivity index (χ3n) is 4.71. The second kappa shape index (κ2) is 7.78. The summed E-state index contributed by atoms with van der Waals surface area (Å²) in [5.41, 5.74) is 0.317. The summed E-state index contributed by atoms with van der Waals surface area (Å²) in [6.45, 7) is 7.17. The van der Waals surface area contributed by atoms with E-state index in [1.165, 1.54) is 18.4 Å². The molecule has 1 saturated carbocycles. The van der Waals surface area contributed by atoms with Crippen LogP contribution in [-0.4, -0.2) is 28.8 Å².